The van der Waals surface area contributed by atoms with Crippen molar-refractivity contribution < 1.29 is 19.1 Å². The van der Waals surface area contributed by atoms with E-state index in [-0.39, 0.29) is 29.2 Å². The predicted octanol–water partition coefficient (Wildman–Crippen LogP) is 1.29. The molecular weight excluding hydrogens is 234 g/mol. The second kappa shape index (κ2) is 5.37. The topological polar surface area (TPSA) is 73.3 Å². The third kappa shape index (κ3) is 2.64. The minimum absolute atomic E-state index is 0.0265. The number of esters is 1. The number of ether oxygens (including phenoxy) is 1. The molecule has 1 aromatic rings. The quantitative estimate of drug-likeness (QED) is 0.344. The van der Waals surface area contributed by atoms with Crippen LogP contribution < -0.4 is 0 Å². The van der Waals surface area contributed by atoms with Gasteiger partial charge in [-0.3, -0.25) is 14.6 Å². The largest absolute Gasteiger partial charge is 0.462 e. The molecule has 0 saturated carbocycles. The Hall–Kier alpha value is -1.75. The second-order valence-corrected chi connectivity index (χ2v) is 3.16. The molecule has 0 N–H and O–H groups in total. The molecule has 0 atom stereocenters. The highest BCUT2D eigenvalue weighted by Gasteiger charge is 2.15. The highest BCUT2D eigenvalue weighted by Crippen LogP contribution is 2.17. The lowest BCUT2D eigenvalue weighted by molar-refractivity contribution is -0.104. The summed E-state index contributed by atoms with van der Waals surface area (Å²) >= 11 is 5.75. The summed E-state index contributed by atoms with van der Waals surface area (Å²) in [7, 11) is 0. The summed E-state index contributed by atoms with van der Waals surface area (Å²) in [6, 6.07) is 1.16. The lowest BCUT2D eigenvalue weighted by Gasteiger charge is -2.03. The van der Waals surface area contributed by atoms with E-state index >= 15 is 0 Å². The Kier molecular flexibility index (Phi) is 4.13. The van der Waals surface area contributed by atoms with Crippen LogP contribution in [0.5, 0.6) is 0 Å². The van der Waals surface area contributed by atoms with Crippen LogP contribution in [-0.4, -0.2) is 29.6 Å². The van der Waals surface area contributed by atoms with Crippen molar-refractivity contribution in [2.45, 2.75) is 6.92 Å². The van der Waals surface area contributed by atoms with Crippen molar-refractivity contribution >= 4 is 29.6 Å². The van der Waals surface area contributed by atoms with E-state index in [1.807, 2.05) is 0 Å². The van der Waals surface area contributed by atoms with Crippen molar-refractivity contribution in [2.24, 2.45) is 0 Å². The number of nitrogens with zero attached hydrogens (tertiary/aromatic N) is 1. The van der Waals surface area contributed by atoms with Gasteiger partial charge in [0.15, 0.2) is 6.29 Å². The third-order valence-electron chi connectivity index (χ3n) is 1.71. The molecule has 16 heavy (non-hydrogen) atoms. The van der Waals surface area contributed by atoms with Crippen LogP contribution in [0.15, 0.2) is 12.3 Å². The van der Waals surface area contributed by atoms with Crippen molar-refractivity contribution in [3.63, 3.8) is 0 Å². The minimum Gasteiger partial charge on any atom is -0.462 e. The maximum atomic E-state index is 11.3. The number of hydrogen-bond donors (Lipinski definition) is 0. The highest BCUT2D eigenvalue weighted by molar-refractivity contribution is 6.36. The third-order valence-corrected chi connectivity index (χ3v) is 2.02. The number of hydrogen-bond acceptors (Lipinski definition) is 5. The fraction of sp³-hybridized carbons (Fsp3) is 0.200. The molecule has 0 unspecified atom stereocenters. The summed E-state index contributed by atoms with van der Waals surface area (Å²) in [5.74, 6) is -1.41. The molecule has 0 amide bonds. The molecule has 0 spiro atoms. The molecule has 1 rings (SSSR count). The van der Waals surface area contributed by atoms with E-state index < -0.39 is 11.8 Å². The molecule has 0 radical (unpaired) electrons. The van der Waals surface area contributed by atoms with Gasteiger partial charge >= 0.3 is 5.97 Å². The second-order valence-electron chi connectivity index (χ2n) is 2.75. The van der Waals surface area contributed by atoms with E-state index in [1.54, 1.807) is 6.92 Å². The van der Waals surface area contributed by atoms with Crippen LogP contribution in [0.4, 0.5) is 0 Å². The molecule has 0 aliphatic rings. The highest BCUT2D eigenvalue weighted by atomic mass is 35.5. The Balaban J connectivity index is 3.04. The SMILES string of the molecule is CCOC(=O)c1cnc(C(=O)C=O)cc1Cl. The Labute approximate surface area is 96.4 Å². The van der Waals surface area contributed by atoms with E-state index in [9.17, 15) is 14.4 Å². The van der Waals surface area contributed by atoms with Crippen molar-refractivity contribution in [2.75, 3.05) is 6.61 Å². The molecule has 0 fully saturated rings. The monoisotopic (exact) mass is 241 g/mol. The summed E-state index contributed by atoms with van der Waals surface area (Å²) in [5, 5.41) is 0.0265. The van der Waals surface area contributed by atoms with Crippen molar-refractivity contribution in [1.82, 2.24) is 4.98 Å². The smallest absolute Gasteiger partial charge is 0.341 e. The van der Waals surface area contributed by atoms with Gasteiger partial charge in [-0.1, -0.05) is 11.6 Å². The van der Waals surface area contributed by atoms with Gasteiger partial charge < -0.3 is 4.74 Å². The van der Waals surface area contributed by atoms with E-state index in [4.69, 9.17) is 16.3 Å². The number of Topliss-reactive ketones (excluding diaryl/α,β-unsaturated/α-hetero) is 1. The standard InChI is InChI=1S/C10H8ClNO4/c1-2-16-10(15)6-4-12-8(3-7(6)11)9(14)5-13/h3-5H,2H2,1H3. The predicted molar refractivity (Wildman–Crippen MR) is 55.6 cm³/mol. The minimum atomic E-state index is -0.794. The molecular formula is C10H8ClNO4. The molecule has 0 aromatic carbocycles. The van der Waals surface area contributed by atoms with Gasteiger partial charge in [0, 0.05) is 6.20 Å². The van der Waals surface area contributed by atoms with Crippen LogP contribution in [0, 0.1) is 0 Å². The normalized spacial score (nSPS) is 9.62. The molecule has 0 aliphatic heterocycles. The Morgan fingerprint density at radius 2 is 2.25 bits per heavy atom. The van der Waals surface area contributed by atoms with Crippen LogP contribution in [-0.2, 0) is 9.53 Å². The number of halogens is 1. The van der Waals surface area contributed by atoms with E-state index in [1.165, 1.54) is 0 Å². The van der Waals surface area contributed by atoms with Gasteiger partial charge in [0.25, 0.3) is 0 Å². The molecule has 1 aromatic heterocycles. The first-order valence-electron chi connectivity index (χ1n) is 4.42. The number of carbonyl (C=O) groups excluding carboxylic acids is 3. The molecule has 0 aliphatic carbocycles. The van der Waals surface area contributed by atoms with Crippen molar-refractivity contribution in [3.05, 3.63) is 28.5 Å². The first-order valence-corrected chi connectivity index (χ1v) is 4.80. The lowest BCUT2D eigenvalue weighted by Crippen LogP contribution is -2.09. The van der Waals surface area contributed by atoms with Crippen molar-refractivity contribution in [1.29, 1.82) is 0 Å². The van der Waals surface area contributed by atoms with Crippen LogP contribution >= 0.6 is 11.6 Å². The Bertz CT molecular complexity index is 444. The first kappa shape index (κ1) is 12.3. The Morgan fingerprint density at radius 3 is 2.75 bits per heavy atom. The lowest BCUT2D eigenvalue weighted by atomic mass is 10.2. The van der Waals surface area contributed by atoms with E-state index in [0.717, 1.165) is 12.3 Å². The zero-order valence-electron chi connectivity index (χ0n) is 8.40. The van der Waals surface area contributed by atoms with Crippen LogP contribution in [0.3, 0.4) is 0 Å². The summed E-state index contributed by atoms with van der Waals surface area (Å²) in [5.41, 5.74) is -0.0426. The van der Waals surface area contributed by atoms with Gasteiger partial charge in [0.1, 0.15) is 5.69 Å². The number of ketones is 1. The van der Waals surface area contributed by atoms with Gasteiger partial charge in [-0.15, -0.1) is 0 Å². The molecule has 0 saturated heterocycles. The summed E-state index contributed by atoms with van der Waals surface area (Å²) < 4.78 is 4.72. The summed E-state index contributed by atoms with van der Waals surface area (Å²) in [6.45, 7) is 1.87. The molecule has 0 bridgehead atoms. The maximum Gasteiger partial charge on any atom is 0.341 e. The van der Waals surface area contributed by atoms with Crippen LogP contribution in [0.1, 0.15) is 27.8 Å². The van der Waals surface area contributed by atoms with Crippen LogP contribution in [0.2, 0.25) is 5.02 Å². The number of rotatable bonds is 4. The maximum absolute atomic E-state index is 11.3. The van der Waals surface area contributed by atoms with Gasteiger partial charge in [0.2, 0.25) is 5.78 Å². The van der Waals surface area contributed by atoms with E-state index in [0.29, 0.717) is 0 Å². The van der Waals surface area contributed by atoms with E-state index in [2.05, 4.69) is 4.98 Å². The molecule has 84 valence electrons. The average Bonchev–Trinajstić information content (AvgIpc) is 2.28. The van der Waals surface area contributed by atoms with Gasteiger partial charge in [0.05, 0.1) is 17.2 Å². The number of pyridine rings is 1. The van der Waals surface area contributed by atoms with Gasteiger partial charge in [-0.25, -0.2) is 4.79 Å². The van der Waals surface area contributed by atoms with Crippen molar-refractivity contribution in [3.8, 4) is 0 Å². The molecule has 5 nitrogen and oxygen atoms in total. The molecule has 1 heterocycles. The number of aldehydes is 1. The van der Waals surface area contributed by atoms with Crippen LogP contribution in [0.25, 0.3) is 0 Å². The fourth-order valence-electron chi connectivity index (χ4n) is 0.985. The number of carbonyl (C=O) groups is 3. The zero-order valence-corrected chi connectivity index (χ0v) is 9.15. The zero-order chi connectivity index (χ0) is 12.1. The first-order chi connectivity index (χ1) is 7.60. The average molecular weight is 242 g/mol. The van der Waals surface area contributed by atoms with Gasteiger partial charge in [-0.05, 0) is 13.0 Å². The summed E-state index contributed by atoms with van der Waals surface area (Å²) in [4.78, 5) is 36.1. The van der Waals surface area contributed by atoms with Gasteiger partial charge in [-0.2, -0.15) is 0 Å². The Morgan fingerprint density at radius 1 is 1.56 bits per heavy atom. The molecule has 6 heteroatoms. The fourth-order valence-corrected chi connectivity index (χ4v) is 1.21. The number of aromatic nitrogens is 1. The summed E-state index contributed by atoms with van der Waals surface area (Å²) in [6.07, 6.45) is 1.24.